The lowest BCUT2D eigenvalue weighted by Crippen LogP contribution is -2.60. The van der Waals surface area contributed by atoms with E-state index in [9.17, 15) is 5.26 Å². The molecule has 0 aromatic carbocycles. The summed E-state index contributed by atoms with van der Waals surface area (Å²) in [5.41, 5.74) is 2.38. The molecule has 0 aliphatic carbocycles. The molecule has 0 atom stereocenters. The molecule has 0 unspecified atom stereocenters. The lowest BCUT2D eigenvalue weighted by atomic mass is 9.89. The zero-order valence-electron chi connectivity index (χ0n) is 13.7. The number of H-pyrrole nitrogens is 1. The molecule has 1 N–H and O–H groups in total. The second-order valence-corrected chi connectivity index (χ2v) is 7.86. The lowest BCUT2D eigenvalue weighted by molar-refractivity contribution is 0.0812. The van der Waals surface area contributed by atoms with Gasteiger partial charge in [0.1, 0.15) is 11.2 Å². The van der Waals surface area contributed by atoms with Gasteiger partial charge in [0.2, 0.25) is 0 Å². The third-order valence-corrected chi connectivity index (χ3v) is 5.73. The quantitative estimate of drug-likeness (QED) is 0.691. The van der Waals surface area contributed by atoms with Crippen LogP contribution in [0.25, 0.3) is 22.2 Å². The number of hydrogen-bond donors (Lipinski definition) is 1. The number of nitriles is 1. The number of hydrogen-bond acceptors (Lipinski definition) is 5. The van der Waals surface area contributed by atoms with E-state index in [1.54, 1.807) is 18.1 Å². The molecule has 0 amide bonds. The molecule has 0 spiro atoms. The van der Waals surface area contributed by atoms with Crippen molar-refractivity contribution in [1.29, 1.82) is 5.26 Å². The Bertz CT molecular complexity index is 950. The molecule has 6 nitrogen and oxygen atoms in total. The highest BCUT2D eigenvalue weighted by molar-refractivity contribution is 7.97. The van der Waals surface area contributed by atoms with Crippen molar-refractivity contribution in [3.63, 3.8) is 0 Å². The van der Waals surface area contributed by atoms with Crippen LogP contribution in [0.4, 0.5) is 0 Å². The van der Waals surface area contributed by atoms with Gasteiger partial charge < -0.3 is 4.98 Å². The first-order chi connectivity index (χ1) is 12.2. The molecule has 1 fully saturated rings. The number of fused-ring (bicyclic) bond motifs is 1. The third-order valence-electron chi connectivity index (χ3n) is 4.57. The molecule has 4 rings (SSSR count). The monoisotopic (exact) mass is 372 g/mol. The molecular weight excluding hydrogens is 356 g/mol. The van der Waals surface area contributed by atoms with E-state index in [-0.39, 0.29) is 5.54 Å². The Morgan fingerprint density at radius 2 is 2.24 bits per heavy atom. The van der Waals surface area contributed by atoms with Crippen LogP contribution >= 0.6 is 23.5 Å². The van der Waals surface area contributed by atoms with E-state index in [1.165, 1.54) is 0 Å². The Hall–Kier alpha value is -2.01. The van der Waals surface area contributed by atoms with Crippen molar-refractivity contribution in [2.75, 3.05) is 18.8 Å². The summed E-state index contributed by atoms with van der Waals surface area (Å²) >= 11 is 8.26. The molecule has 0 bridgehead atoms. The summed E-state index contributed by atoms with van der Waals surface area (Å²) in [4.78, 5) is 7.44. The molecule has 0 radical (unpaired) electrons. The highest BCUT2D eigenvalue weighted by Crippen LogP contribution is 2.39. The van der Waals surface area contributed by atoms with Gasteiger partial charge >= 0.3 is 0 Å². The van der Waals surface area contributed by atoms with E-state index < -0.39 is 0 Å². The summed E-state index contributed by atoms with van der Waals surface area (Å²) in [7, 11) is 0. The highest BCUT2D eigenvalue weighted by Gasteiger charge is 2.46. The second-order valence-electron chi connectivity index (χ2n) is 6.15. The van der Waals surface area contributed by atoms with Gasteiger partial charge in [-0.15, -0.1) is 0 Å². The molecule has 25 heavy (non-hydrogen) atoms. The largest absolute Gasteiger partial charge is 0.346 e. The minimum atomic E-state index is -0.302. The van der Waals surface area contributed by atoms with Gasteiger partial charge in [-0.3, -0.25) is 4.68 Å². The van der Waals surface area contributed by atoms with E-state index in [4.69, 9.17) is 11.6 Å². The summed E-state index contributed by atoms with van der Waals surface area (Å²) in [6, 6.07) is 6.24. The molecule has 1 saturated heterocycles. The molecule has 4 heterocycles. The SMILES string of the molecule is CCSN1CC(CC#N)(n2cc(-c3ccnc4[nH]ccc34)c(Cl)n2)C1. The molecule has 3 aromatic heterocycles. The fourth-order valence-electron chi connectivity index (χ4n) is 3.34. The molecular formula is C17H17ClN6S. The zero-order valence-corrected chi connectivity index (χ0v) is 15.3. The predicted octanol–water partition coefficient (Wildman–Crippen LogP) is 3.67. The number of aromatic nitrogens is 4. The van der Waals surface area contributed by atoms with Crippen molar-refractivity contribution in [3.05, 3.63) is 35.9 Å². The summed E-state index contributed by atoms with van der Waals surface area (Å²) in [5.74, 6) is 1.02. The minimum Gasteiger partial charge on any atom is -0.346 e. The van der Waals surface area contributed by atoms with E-state index in [2.05, 4.69) is 32.4 Å². The number of pyridine rings is 1. The van der Waals surface area contributed by atoms with Crippen molar-refractivity contribution < 1.29 is 0 Å². The molecule has 8 heteroatoms. The van der Waals surface area contributed by atoms with Crippen molar-refractivity contribution >= 4 is 34.6 Å². The standard InChI is InChI=1S/C17H17ClN6S/c1-2-25-23-10-17(11-23,5-6-19)24-9-14(15(18)22-24)12-3-7-20-16-13(12)4-8-21-16/h3-4,7-9H,2,5,10-11H2,1H3,(H,20,21). The van der Waals surface area contributed by atoms with Crippen molar-refractivity contribution in [1.82, 2.24) is 24.1 Å². The van der Waals surface area contributed by atoms with Crippen LogP contribution in [0.15, 0.2) is 30.7 Å². The zero-order chi connectivity index (χ0) is 17.4. The van der Waals surface area contributed by atoms with Gasteiger partial charge in [-0.05, 0) is 17.7 Å². The summed E-state index contributed by atoms with van der Waals surface area (Å²) < 4.78 is 4.16. The second kappa shape index (κ2) is 6.37. The first-order valence-electron chi connectivity index (χ1n) is 8.10. The maximum atomic E-state index is 9.29. The first-order valence-corrected chi connectivity index (χ1v) is 9.42. The van der Waals surface area contributed by atoms with Crippen LogP contribution in [0.2, 0.25) is 5.15 Å². The van der Waals surface area contributed by atoms with Crippen LogP contribution in [-0.4, -0.2) is 42.9 Å². The number of halogens is 1. The van der Waals surface area contributed by atoms with Crippen LogP contribution in [0.3, 0.4) is 0 Å². The number of nitrogens with one attached hydrogen (secondary N) is 1. The van der Waals surface area contributed by atoms with Gasteiger partial charge in [0.15, 0.2) is 5.15 Å². The fraction of sp³-hybridized carbons (Fsp3) is 0.353. The highest BCUT2D eigenvalue weighted by atomic mass is 35.5. The summed E-state index contributed by atoms with van der Waals surface area (Å²) in [6.45, 7) is 3.72. The van der Waals surface area contributed by atoms with Gasteiger partial charge in [0.05, 0.1) is 12.5 Å². The number of rotatable bonds is 5. The van der Waals surface area contributed by atoms with Gasteiger partial charge in [-0.25, -0.2) is 9.29 Å². The fourth-order valence-corrected chi connectivity index (χ4v) is 4.60. The first kappa shape index (κ1) is 16.5. The van der Waals surface area contributed by atoms with Crippen molar-refractivity contribution in [2.45, 2.75) is 18.9 Å². The average Bonchev–Trinajstić information content (AvgIpc) is 3.19. The normalized spacial score (nSPS) is 16.7. The average molecular weight is 373 g/mol. The van der Waals surface area contributed by atoms with E-state index in [1.807, 2.05) is 29.2 Å². The predicted molar refractivity (Wildman–Crippen MR) is 100 cm³/mol. The Balaban J connectivity index is 1.73. The molecule has 3 aromatic rings. The molecule has 1 aliphatic rings. The van der Waals surface area contributed by atoms with Gasteiger partial charge in [0, 0.05) is 48.4 Å². The Labute approximate surface area is 154 Å². The van der Waals surface area contributed by atoms with Crippen LogP contribution in [0.5, 0.6) is 0 Å². The van der Waals surface area contributed by atoms with E-state index >= 15 is 0 Å². The van der Waals surface area contributed by atoms with Crippen LogP contribution in [-0.2, 0) is 5.54 Å². The van der Waals surface area contributed by atoms with Crippen LogP contribution in [0, 0.1) is 11.3 Å². The maximum Gasteiger partial charge on any atom is 0.158 e. The Morgan fingerprint density at radius 1 is 1.40 bits per heavy atom. The molecule has 128 valence electrons. The van der Waals surface area contributed by atoms with Gasteiger partial charge in [0.25, 0.3) is 0 Å². The van der Waals surface area contributed by atoms with Crippen LogP contribution in [0.1, 0.15) is 13.3 Å². The lowest BCUT2D eigenvalue weighted by Gasteiger charge is -2.48. The minimum absolute atomic E-state index is 0.302. The van der Waals surface area contributed by atoms with Crippen molar-refractivity contribution in [3.8, 4) is 17.2 Å². The number of nitrogens with zero attached hydrogens (tertiary/aromatic N) is 5. The van der Waals surface area contributed by atoms with Gasteiger partial charge in [-0.1, -0.05) is 30.5 Å². The van der Waals surface area contributed by atoms with E-state index in [0.717, 1.165) is 41.0 Å². The van der Waals surface area contributed by atoms with Crippen molar-refractivity contribution in [2.24, 2.45) is 0 Å². The maximum absolute atomic E-state index is 9.29. The summed E-state index contributed by atoms with van der Waals surface area (Å²) in [5, 5.41) is 15.3. The third kappa shape index (κ3) is 2.71. The number of aromatic amines is 1. The van der Waals surface area contributed by atoms with E-state index in [0.29, 0.717) is 11.6 Å². The Morgan fingerprint density at radius 3 is 3.00 bits per heavy atom. The van der Waals surface area contributed by atoms with Crippen LogP contribution < -0.4 is 0 Å². The topological polar surface area (TPSA) is 73.5 Å². The van der Waals surface area contributed by atoms with Gasteiger partial charge in [-0.2, -0.15) is 10.4 Å². The smallest absolute Gasteiger partial charge is 0.158 e. The Kier molecular flexibility index (Phi) is 4.20. The molecule has 0 saturated carbocycles. The molecule has 1 aliphatic heterocycles. The summed E-state index contributed by atoms with van der Waals surface area (Å²) in [6.07, 6.45) is 6.01.